The number of benzene rings is 2. The number of hydrogen-bond acceptors (Lipinski definition) is 4. The number of halogens is 6. The van der Waals surface area contributed by atoms with E-state index >= 15 is 0 Å². The fourth-order valence-electron chi connectivity index (χ4n) is 3.60. The molecular weight excluding hydrogens is 497 g/mol. The molecule has 0 aliphatic heterocycles. The first-order chi connectivity index (χ1) is 16.6. The number of nitrogens with one attached hydrogen (secondary N) is 2. The van der Waals surface area contributed by atoms with Gasteiger partial charge in [-0.3, -0.25) is 9.89 Å². The van der Waals surface area contributed by atoms with Crippen LogP contribution in [0.4, 0.5) is 27.6 Å². The van der Waals surface area contributed by atoms with Gasteiger partial charge in [0.15, 0.2) is 5.82 Å². The van der Waals surface area contributed by atoms with Crippen molar-refractivity contribution in [1.82, 2.24) is 19.7 Å². The third kappa shape index (κ3) is 5.21. The third-order valence-corrected chi connectivity index (χ3v) is 5.15. The van der Waals surface area contributed by atoms with Gasteiger partial charge in [-0.1, -0.05) is 0 Å². The highest BCUT2D eigenvalue weighted by Gasteiger charge is 2.28. The van der Waals surface area contributed by atoms with Crippen LogP contribution in [0.5, 0.6) is 5.75 Å². The number of fused-ring (bicyclic) bond motifs is 1. The molecule has 4 aromatic rings. The van der Waals surface area contributed by atoms with E-state index in [1.54, 1.807) is 6.07 Å². The predicted molar refractivity (Wildman–Crippen MR) is 119 cm³/mol. The second-order valence-corrected chi connectivity index (χ2v) is 7.97. The van der Waals surface area contributed by atoms with Gasteiger partial charge < -0.3 is 14.6 Å². The molecule has 0 fully saturated rings. The number of carbonyl (C=O) groups excluding carboxylic acids is 1. The van der Waals surface area contributed by atoms with Gasteiger partial charge in [0.25, 0.3) is 12.3 Å². The molecule has 2 aromatic heterocycles. The van der Waals surface area contributed by atoms with Crippen LogP contribution in [0.15, 0.2) is 48.7 Å². The maximum Gasteiger partial charge on any atom is 0.487 e. The molecule has 0 bridgehead atoms. The molecule has 2 N–H and O–H groups in total. The largest absolute Gasteiger partial charge is 0.487 e. The van der Waals surface area contributed by atoms with E-state index in [1.807, 2.05) is 0 Å². The highest BCUT2D eigenvalue weighted by molar-refractivity contribution is 6.20. The molecule has 13 heteroatoms. The number of H-pyrrole nitrogens is 1. The number of nitrogens with zero attached hydrogens (tertiary/aromatic N) is 3. The molecule has 2 heterocycles. The van der Waals surface area contributed by atoms with Crippen LogP contribution < -0.4 is 10.1 Å². The Bertz CT molecular complexity index is 1340. The SMILES string of the molecule is C[C@@H](CF)n1c(C(F)F)nc2cc(C(=O)Nc3ccc(OC(F)(F)Cl)cc3)cc(-c3ccn[nH]3)c21. The van der Waals surface area contributed by atoms with E-state index in [-0.39, 0.29) is 28.0 Å². The van der Waals surface area contributed by atoms with Gasteiger partial charge in [0.1, 0.15) is 12.4 Å². The smallest absolute Gasteiger partial charge is 0.420 e. The maximum atomic E-state index is 13.7. The van der Waals surface area contributed by atoms with Crippen molar-refractivity contribution in [2.75, 3.05) is 12.0 Å². The first-order valence-electron chi connectivity index (χ1n) is 10.1. The monoisotopic (exact) mass is 513 g/mol. The fourth-order valence-corrected chi connectivity index (χ4v) is 3.69. The maximum absolute atomic E-state index is 13.7. The van der Waals surface area contributed by atoms with Crippen LogP contribution in [0, 0.1) is 0 Å². The molecule has 0 unspecified atom stereocenters. The minimum absolute atomic E-state index is 0.0611. The Morgan fingerprint density at radius 2 is 1.94 bits per heavy atom. The van der Waals surface area contributed by atoms with Crippen molar-refractivity contribution in [1.29, 1.82) is 0 Å². The summed E-state index contributed by atoms with van der Waals surface area (Å²) < 4.78 is 71.9. The zero-order chi connectivity index (χ0) is 25.3. The molecule has 0 saturated carbocycles. The Morgan fingerprint density at radius 1 is 1.23 bits per heavy atom. The molecule has 0 radical (unpaired) electrons. The van der Waals surface area contributed by atoms with Crippen LogP contribution >= 0.6 is 11.6 Å². The third-order valence-electron chi connectivity index (χ3n) is 5.07. The van der Waals surface area contributed by atoms with Crippen molar-refractivity contribution in [3.05, 3.63) is 60.0 Å². The second kappa shape index (κ2) is 9.53. The molecule has 184 valence electrons. The molecule has 35 heavy (non-hydrogen) atoms. The van der Waals surface area contributed by atoms with Crippen LogP contribution in [-0.4, -0.2) is 37.9 Å². The average molecular weight is 514 g/mol. The quantitative estimate of drug-likeness (QED) is 0.213. The first-order valence-corrected chi connectivity index (χ1v) is 10.5. The van der Waals surface area contributed by atoms with Gasteiger partial charge in [-0.05, 0) is 49.4 Å². The molecule has 4 rings (SSSR count). The van der Waals surface area contributed by atoms with E-state index in [0.717, 1.165) is 4.57 Å². The summed E-state index contributed by atoms with van der Waals surface area (Å²) >= 11 is 4.73. The van der Waals surface area contributed by atoms with Crippen LogP contribution in [-0.2, 0) is 0 Å². The van der Waals surface area contributed by atoms with Crippen LogP contribution in [0.3, 0.4) is 0 Å². The summed E-state index contributed by atoms with van der Waals surface area (Å²) in [5.74, 6) is -1.48. The number of alkyl halides is 6. The van der Waals surface area contributed by atoms with Crippen LogP contribution in [0.1, 0.15) is 35.6 Å². The van der Waals surface area contributed by atoms with E-state index in [1.165, 1.54) is 49.5 Å². The summed E-state index contributed by atoms with van der Waals surface area (Å²) in [6, 6.07) is 8.37. The van der Waals surface area contributed by atoms with Crippen LogP contribution in [0.2, 0.25) is 0 Å². The zero-order valence-corrected chi connectivity index (χ0v) is 18.7. The molecule has 0 aliphatic rings. The number of ether oxygens (including phenoxy) is 1. The summed E-state index contributed by atoms with van der Waals surface area (Å²) in [6.07, 6.45) is -1.54. The standard InChI is InChI=1S/C22H17ClF5N5O2/c1-11(10-24)33-18-15(16-6-7-29-32-16)8-12(9-17(18)31-20(33)19(25)26)21(34)30-13-2-4-14(5-3-13)35-22(23,27)28/h2-9,11,19H,10H2,1H3,(H,29,32)(H,30,34)/t11-/m0/s1. The summed E-state index contributed by atoms with van der Waals surface area (Å²) in [5, 5.41) is 9.16. The number of aromatic amines is 1. The number of imidazole rings is 1. The van der Waals surface area contributed by atoms with Crippen molar-refractivity contribution >= 4 is 34.2 Å². The fraction of sp³-hybridized carbons (Fsp3) is 0.227. The van der Waals surface area contributed by atoms with Gasteiger partial charge in [-0.2, -0.15) is 5.10 Å². The molecule has 1 atom stereocenters. The van der Waals surface area contributed by atoms with E-state index < -0.39 is 36.4 Å². The highest BCUT2D eigenvalue weighted by atomic mass is 35.5. The molecule has 2 aromatic carbocycles. The van der Waals surface area contributed by atoms with Crippen LogP contribution in [0.25, 0.3) is 22.3 Å². The van der Waals surface area contributed by atoms with Gasteiger partial charge >= 0.3 is 5.57 Å². The molecule has 7 nitrogen and oxygen atoms in total. The Labute approximate surface area is 199 Å². The van der Waals surface area contributed by atoms with Crippen molar-refractivity contribution in [3.8, 4) is 17.0 Å². The summed E-state index contributed by atoms with van der Waals surface area (Å²) in [5.41, 5.74) is -2.58. The molecule has 1 amide bonds. The minimum Gasteiger partial charge on any atom is -0.420 e. The number of rotatable bonds is 8. The summed E-state index contributed by atoms with van der Waals surface area (Å²) in [7, 11) is 0. The lowest BCUT2D eigenvalue weighted by molar-refractivity contribution is -0.0964. The number of carbonyl (C=O) groups is 1. The minimum atomic E-state index is -3.89. The summed E-state index contributed by atoms with van der Waals surface area (Å²) in [4.78, 5) is 16.9. The van der Waals surface area contributed by atoms with Gasteiger partial charge in [0.05, 0.1) is 22.8 Å². The Balaban J connectivity index is 1.75. The molecule has 0 saturated heterocycles. The normalized spacial score (nSPS) is 12.8. The lowest BCUT2D eigenvalue weighted by Crippen LogP contribution is -2.16. The van der Waals surface area contributed by atoms with Gasteiger partial charge in [0.2, 0.25) is 0 Å². The van der Waals surface area contributed by atoms with Crippen molar-refractivity contribution in [3.63, 3.8) is 0 Å². The van der Waals surface area contributed by atoms with Crippen molar-refractivity contribution < 1.29 is 31.5 Å². The molecule has 0 aliphatic carbocycles. The Morgan fingerprint density at radius 3 is 2.51 bits per heavy atom. The topological polar surface area (TPSA) is 84.8 Å². The number of amides is 1. The lowest BCUT2D eigenvalue weighted by atomic mass is 10.0. The lowest BCUT2D eigenvalue weighted by Gasteiger charge is -2.16. The number of aromatic nitrogens is 4. The van der Waals surface area contributed by atoms with E-state index in [2.05, 4.69) is 25.2 Å². The average Bonchev–Trinajstić information content (AvgIpc) is 3.46. The van der Waals surface area contributed by atoms with Gasteiger partial charge in [-0.15, -0.1) is 8.78 Å². The molecular formula is C22H17ClF5N5O2. The zero-order valence-electron chi connectivity index (χ0n) is 17.9. The Hall–Kier alpha value is -3.67. The van der Waals surface area contributed by atoms with E-state index in [9.17, 15) is 26.7 Å². The Kier molecular flexibility index (Phi) is 6.66. The number of anilines is 1. The van der Waals surface area contributed by atoms with E-state index in [0.29, 0.717) is 11.3 Å². The van der Waals surface area contributed by atoms with Crippen molar-refractivity contribution in [2.24, 2.45) is 0 Å². The van der Waals surface area contributed by atoms with E-state index in [4.69, 9.17) is 11.6 Å². The number of hydrogen-bond donors (Lipinski definition) is 2. The first kappa shape index (κ1) is 24.5. The predicted octanol–water partition coefficient (Wildman–Crippen LogP) is 6.31. The second-order valence-electron chi connectivity index (χ2n) is 7.53. The molecule has 0 spiro atoms. The highest BCUT2D eigenvalue weighted by Crippen LogP contribution is 2.35. The van der Waals surface area contributed by atoms with Gasteiger partial charge in [0, 0.05) is 34.6 Å². The summed E-state index contributed by atoms with van der Waals surface area (Å²) in [6.45, 7) is 0.531. The van der Waals surface area contributed by atoms with Crippen molar-refractivity contribution in [2.45, 2.75) is 25.0 Å². The van der Waals surface area contributed by atoms with Gasteiger partial charge in [-0.25, -0.2) is 18.2 Å².